The van der Waals surface area contributed by atoms with Gasteiger partial charge in [-0.25, -0.2) is 9.97 Å². The van der Waals surface area contributed by atoms with Crippen LogP contribution in [-0.2, 0) is 18.3 Å². The zero-order chi connectivity index (χ0) is 21.3. The Hall–Kier alpha value is -2.67. The van der Waals surface area contributed by atoms with Crippen LogP contribution in [0.25, 0.3) is 11.0 Å². The van der Waals surface area contributed by atoms with Crippen LogP contribution >= 0.6 is 0 Å². The molecule has 0 aliphatic heterocycles. The molecule has 1 aliphatic rings. The summed E-state index contributed by atoms with van der Waals surface area (Å²) in [6, 6.07) is 7.90. The molecule has 1 N–H and O–H groups in total. The zero-order valence-corrected chi connectivity index (χ0v) is 18.0. The van der Waals surface area contributed by atoms with Gasteiger partial charge in [0.2, 0.25) is 5.91 Å². The van der Waals surface area contributed by atoms with E-state index in [9.17, 15) is 9.90 Å². The molecule has 1 aromatic carbocycles. The highest BCUT2D eigenvalue weighted by Crippen LogP contribution is 2.32. The van der Waals surface area contributed by atoms with E-state index >= 15 is 0 Å². The molecule has 7 heteroatoms. The number of aliphatic hydroxyl groups is 1. The molecule has 2 aromatic heterocycles. The summed E-state index contributed by atoms with van der Waals surface area (Å²) in [7, 11) is 3.85. The highest BCUT2D eigenvalue weighted by atomic mass is 16.3. The first kappa shape index (κ1) is 20.6. The Morgan fingerprint density at radius 3 is 2.83 bits per heavy atom. The fraction of sp³-hybridized carbons (Fsp3) is 0.522. The third kappa shape index (κ3) is 3.86. The van der Waals surface area contributed by atoms with E-state index in [1.807, 2.05) is 50.0 Å². The Morgan fingerprint density at radius 2 is 2.10 bits per heavy atom. The van der Waals surface area contributed by atoms with E-state index in [1.165, 1.54) is 0 Å². The zero-order valence-electron chi connectivity index (χ0n) is 18.0. The van der Waals surface area contributed by atoms with Gasteiger partial charge in [-0.2, -0.15) is 0 Å². The minimum atomic E-state index is -0.583. The molecule has 0 radical (unpaired) electrons. The Kier molecular flexibility index (Phi) is 5.90. The molecule has 1 aliphatic carbocycles. The minimum Gasteiger partial charge on any atom is -0.389 e. The molecule has 1 saturated carbocycles. The van der Waals surface area contributed by atoms with Gasteiger partial charge in [-0.15, -0.1) is 0 Å². The third-order valence-electron chi connectivity index (χ3n) is 6.57. The van der Waals surface area contributed by atoms with E-state index < -0.39 is 6.10 Å². The van der Waals surface area contributed by atoms with Crippen molar-refractivity contribution in [3.05, 3.63) is 48.3 Å². The number of rotatable bonds is 6. The van der Waals surface area contributed by atoms with Gasteiger partial charge in [-0.3, -0.25) is 4.79 Å². The van der Waals surface area contributed by atoms with Crippen molar-refractivity contribution in [3.63, 3.8) is 0 Å². The number of hydrogen-bond acceptors (Lipinski definition) is 4. The Balaban J connectivity index is 1.36. The minimum absolute atomic E-state index is 0.0264. The number of para-hydroxylation sites is 2. The largest absolute Gasteiger partial charge is 0.389 e. The van der Waals surface area contributed by atoms with Crippen molar-refractivity contribution in [2.24, 2.45) is 7.05 Å². The number of aromatic nitrogens is 4. The number of benzene rings is 1. The monoisotopic (exact) mass is 409 g/mol. The van der Waals surface area contributed by atoms with E-state index in [0.29, 0.717) is 6.42 Å². The van der Waals surface area contributed by atoms with Gasteiger partial charge in [0.25, 0.3) is 0 Å². The molecule has 0 bridgehead atoms. The van der Waals surface area contributed by atoms with Crippen molar-refractivity contribution in [1.82, 2.24) is 24.0 Å². The molecule has 4 rings (SSSR count). The van der Waals surface area contributed by atoms with Crippen LogP contribution in [0.2, 0.25) is 0 Å². The molecule has 0 unspecified atom stereocenters. The third-order valence-corrected chi connectivity index (χ3v) is 6.57. The normalized spacial score (nSPS) is 21.8. The highest BCUT2D eigenvalue weighted by molar-refractivity contribution is 5.77. The predicted molar refractivity (Wildman–Crippen MR) is 116 cm³/mol. The molecule has 1 fully saturated rings. The summed E-state index contributed by atoms with van der Waals surface area (Å²) in [6.45, 7) is 1.95. The van der Waals surface area contributed by atoms with Crippen molar-refractivity contribution in [2.45, 2.75) is 63.6 Å². The molecule has 30 heavy (non-hydrogen) atoms. The quantitative estimate of drug-likeness (QED) is 0.679. The van der Waals surface area contributed by atoms with Gasteiger partial charge in [-0.05, 0) is 44.7 Å². The molecule has 2 heterocycles. The average molecular weight is 410 g/mol. The lowest BCUT2D eigenvalue weighted by Gasteiger charge is -2.40. The molecule has 0 spiro atoms. The van der Waals surface area contributed by atoms with Crippen LogP contribution in [0, 0.1) is 6.92 Å². The van der Waals surface area contributed by atoms with E-state index in [4.69, 9.17) is 4.98 Å². The first-order chi connectivity index (χ1) is 14.5. The van der Waals surface area contributed by atoms with Gasteiger partial charge >= 0.3 is 0 Å². The number of fused-ring (bicyclic) bond motifs is 1. The number of imidazole rings is 2. The van der Waals surface area contributed by atoms with Gasteiger partial charge in [0, 0.05) is 39.3 Å². The topological polar surface area (TPSA) is 76.2 Å². The lowest BCUT2D eigenvalue weighted by atomic mass is 9.86. The second-order valence-corrected chi connectivity index (χ2v) is 8.37. The number of hydrogen-bond donors (Lipinski definition) is 1. The Labute approximate surface area is 177 Å². The number of carbonyl (C=O) groups is 1. The van der Waals surface area contributed by atoms with Crippen molar-refractivity contribution < 1.29 is 9.90 Å². The molecular weight excluding hydrogens is 378 g/mol. The predicted octanol–water partition coefficient (Wildman–Crippen LogP) is 3.01. The summed E-state index contributed by atoms with van der Waals surface area (Å²) in [5, 5.41) is 11.0. The van der Waals surface area contributed by atoms with E-state index in [-0.39, 0.29) is 18.0 Å². The summed E-state index contributed by atoms with van der Waals surface area (Å²) in [6.07, 6.45) is 7.79. The smallest absolute Gasteiger partial charge is 0.222 e. The van der Waals surface area contributed by atoms with Crippen molar-refractivity contribution in [3.8, 4) is 0 Å². The van der Waals surface area contributed by atoms with Gasteiger partial charge in [-0.1, -0.05) is 12.1 Å². The maximum atomic E-state index is 12.9. The fourth-order valence-corrected chi connectivity index (χ4v) is 4.78. The first-order valence-electron chi connectivity index (χ1n) is 10.8. The number of amides is 1. The molecule has 1 amide bonds. The molecule has 3 aromatic rings. The first-order valence-corrected chi connectivity index (χ1v) is 10.8. The molecule has 7 nitrogen and oxygen atoms in total. The summed E-state index contributed by atoms with van der Waals surface area (Å²) in [5.41, 5.74) is 2.10. The van der Waals surface area contributed by atoms with Crippen molar-refractivity contribution in [1.29, 1.82) is 0 Å². The summed E-state index contributed by atoms with van der Waals surface area (Å²) < 4.78 is 4.15. The second kappa shape index (κ2) is 8.60. The average Bonchev–Trinajstić information content (AvgIpc) is 3.31. The summed E-state index contributed by atoms with van der Waals surface area (Å²) >= 11 is 0. The van der Waals surface area contributed by atoms with Gasteiger partial charge in [0.05, 0.1) is 29.2 Å². The van der Waals surface area contributed by atoms with Crippen LogP contribution < -0.4 is 0 Å². The van der Waals surface area contributed by atoms with Crippen molar-refractivity contribution >= 4 is 16.9 Å². The van der Waals surface area contributed by atoms with E-state index in [1.54, 1.807) is 11.1 Å². The van der Waals surface area contributed by atoms with Gasteiger partial charge in [0.1, 0.15) is 11.6 Å². The standard InChI is InChI=1S/C23H31N5O2/c1-16-24-14-15-28(16)20-11-6-10-19(23(20)30)27(3)22(29)13-7-12-21-25-17-8-4-5-9-18(17)26(21)2/h4-5,8-9,14-15,19-20,23,30H,6-7,10-13H2,1-3H3/t19-,20-,23-/m1/s1. The van der Waals surface area contributed by atoms with Crippen LogP contribution in [-0.4, -0.2) is 54.2 Å². The highest BCUT2D eigenvalue weighted by Gasteiger charge is 2.37. The number of carbonyl (C=O) groups excluding carboxylic acids is 1. The van der Waals surface area contributed by atoms with Gasteiger partial charge < -0.3 is 19.1 Å². The van der Waals surface area contributed by atoms with Crippen LogP contribution in [0.5, 0.6) is 0 Å². The number of nitrogens with zero attached hydrogens (tertiary/aromatic N) is 5. The Bertz CT molecular complexity index is 1020. The van der Waals surface area contributed by atoms with Crippen molar-refractivity contribution in [2.75, 3.05) is 7.05 Å². The maximum Gasteiger partial charge on any atom is 0.222 e. The lowest BCUT2D eigenvalue weighted by Crippen LogP contribution is -2.50. The van der Waals surface area contributed by atoms with Crippen LogP contribution in [0.15, 0.2) is 36.7 Å². The van der Waals surface area contributed by atoms with Crippen LogP contribution in [0.1, 0.15) is 49.8 Å². The van der Waals surface area contributed by atoms with Crippen LogP contribution in [0.4, 0.5) is 0 Å². The fourth-order valence-electron chi connectivity index (χ4n) is 4.78. The van der Waals surface area contributed by atoms with E-state index in [2.05, 4.69) is 15.6 Å². The van der Waals surface area contributed by atoms with Crippen LogP contribution in [0.3, 0.4) is 0 Å². The summed E-state index contributed by atoms with van der Waals surface area (Å²) in [5.74, 6) is 1.98. The number of aryl methyl sites for hydroxylation is 3. The second-order valence-electron chi connectivity index (χ2n) is 8.37. The lowest BCUT2D eigenvalue weighted by molar-refractivity contribution is -0.136. The molecule has 0 saturated heterocycles. The maximum absolute atomic E-state index is 12.9. The SMILES string of the molecule is Cc1nccn1[C@@H]1CCC[C@@H](N(C)C(=O)CCCc2nc3ccccc3n2C)[C@H]1O. The molecule has 3 atom stereocenters. The summed E-state index contributed by atoms with van der Waals surface area (Å²) in [4.78, 5) is 23.6. The molecule has 160 valence electrons. The van der Waals surface area contributed by atoms with Gasteiger partial charge in [0.15, 0.2) is 0 Å². The number of likely N-dealkylation sites (N-methyl/N-ethyl adjacent to an activating group) is 1. The number of aliphatic hydroxyl groups excluding tert-OH is 1. The molecular formula is C23H31N5O2. The van der Waals surface area contributed by atoms with E-state index in [0.717, 1.165) is 54.8 Å². The Morgan fingerprint density at radius 1 is 1.30 bits per heavy atom.